The van der Waals surface area contributed by atoms with E-state index in [1.807, 2.05) is 0 Å². The van der Waals surface area contributed by atoms with Gasteiger partial charge in [-0.1, -0.05) is 11.6 Å². The molecule has 0 saturated carbocycles. The second-order valence-electron chi connectivity index (χ2n) is 5.10. The van der Waals surface area contributed by atoms with E-state index >= 15 is 0 Å². The van der Waals surface area contributed by atoms with Crippen molar-refractivity contribution in [3.05, 3.63) is 39.9 Å². The fourth-order valence-electron chi connectivity index (χ4n) is 1.90. The summed E-state index contributed by atoms with van der Waals surface area (Å²) in [6.07, 6.45) is 0.333. The first-order chi connectivity index (χ1) is 12.8. The second-order valence-corrected chi connectivity index (χ2v) is 6.28. The number of amides is 2. The lowest BCUT2D eigenvalue weighted by molar-refractivity contribution is 0.0693. The van der Waals surface area contributed by atoms with Crippen LogP contribution in [0.2, 0.25) is 5.02 Å². The quantitative estimate of drug-likeness (QED) is 0.384. The minimum Gasteiger partial charge on any atom is -0.477 e. The Morgan fingerprint density at radius 2 is 2.04 bits per heavy atom. The molecule has 12 heteroatoms. The molecule has 1 aromatic carbocycles. The summed E-state index contributed by atoms with van der Waals surface area (Å²) in [6.45, 7) is -0.415. The molecule has 0 saturated heterocycles. The zero-order valence-electron chi connectivity index (χ0n) is 13.6. The fraction of sp³-hybridized carbons (Fsp3) is 0.267. The van der Waals surface area contributed by atoms with E-state index in [4.69, 9.17) is 21.4 Å². The SMILES string of the molecule is O=C(NCCCO)Nc1snc(OCc2cc(F)c(Cl)cc2F)c1C(=O)O. The van der Waals surface area contributed by atoms with Gasteiger partial charge in [-0.05, 0) is 30.1 Å². The van der Waals surface area contributed by atoms with Gasteiger partial charge in [0.2, 0.25) is 5.88 Å². The molecule has 2 amide bonds. The first-order valence-corrected chi connectivity index (χ1v) is 8.63. The van der Waals surface area contributed by atoms with Crippen molar-refractivity contribution in [3.63, 3.8) is 0 Å². The number of aliphatic hydroxyl groups is 1. The van der Waals surface area contributed by atoms with Crippen molar-refractivity contribution in [1.29, 1.82) is 0 Å². The number of rotatable bonds is 8. The van der Waals surface area contributed by atoms with Crippen molar-refractivity contribution in [3.8, 4) is 5.88 Å². The summed E-state index contributed by atoms with van der Waals surface area (Å²) < 4.78 is 36.2. The number of aromatic carboxylic acids is 1. The Balaban J connectivity index is 2.11. The largest absolute Gasteiger partial charge is 0.477 e. The van der Waals surface area contributed by atoms with Crippen LogP contribution in [-0.4, -0.2) is 39.7 Å². The molecule has 0 aliphatic heterocycles. The molecule has 0 atom stereocenters. The Kier molecular flexibility index (Phi) is 7.28. The summed E-state index contributed by atoms with van der Waals surface area (Å²) >= 11 is 6.11. The van der Waals surface area contributed by atoms with Crippen LogP contribution in [0, 0.1) is 11.6 Å². The number of anilines is 1. The molecule has 4 N–H and O–H groups in total. The van der Waals surface area contributed by atoms with Crippen LogP contribution >= 0.6 is 23.1 Å². The molecule has 8 nitrogen and oxygen atoms in total. The summed E-state index contributed by atoms with van der Waals surface area (Å²) in [5, 5.41) is 22.2. The number of carbonyl (C=O) groups is 2. The van der Waals surface area contributed by atoms with Crippen LogP contribution in [0.25, 0.3) is 0 Å². The van der Waals surface area contributed by atoms with Crippen molar-refractivity contribution in [1.82, 2.24) is 9.69 Å². The molecule has 0 unspecified atom stereocenters. The van der Waals surface area contributed by atoms with Crippen LogP contribution in [0.15, 0.2) is 12.1 Å². The van der Waals surface area contributed by atoms with Gasteiger partial charge in [0.05, 0.1) is 5.02 Å². The summed E-state index contributed by atoms with van der Waals surface area (Å²) in [5.74, 6) is -3.45. The number of ether oxygens (including phenoxy) is 1. The van der Waals surface area contributed by atoms with Crippen LogP contribution in [0.5, 0.6) is 5.88 Å². The molecule has 0 aliphatic carbocycles. The number of nitrogens with one attached hydrogen (secondary N) is 2. The zero-order chi connectivity index (χ0) is 20.0. The van der Waals surface area contributed by atoms with Crippen molar-refractivity contribution in [2.75, 3.05) is 18.5 Å². The third kappa shape index (κ3) is 5.49. The van der Waals surface area contributed by atoms with E-state index in [2.05, 4.69) is 15.0 Å². The maximum Gasteiger partial charge on any atom is 0.344 e. The molecule has 2 rings (SSSR count). The van der Waals surface area contributed by atoms with Gasteiger partial charge in [0.25, 0.3) is 0 Å². The number of carboxylic acid groups (broad SMARTS) is 1. The molecule has 0 fully saturated rings. The molecule has 0 bridgehead atoms. The summed E-state index contributed by atoms with van der Waals surface area (Å²) in [4.78, 5) is 23.2. The van der Waals surface area contributed by atoms with Gasteiger partial charge < -0.3 is 20.3 Å². The number of aliphatic hydroxyl groups excluding tert-OH is 1. The van der Waals surface area contributed by atoms with Crippen molar-refractivity contribution < 1.29 is 33.3 Å². The van der Waals surface area contributed by atoms with Gasteiger partial charge in [-0.15, -0.1) is 0 Å². The molecule has 1 aromatic heterocycles. The lowest BCUT2D eigenvalue weighted by Gasteiger charge is -2.08. The standard InChI is InChI=1S/C15H14ClF2N3O5S/c16-8-5-9(17)7(4-10(8)18)6-26-12-11(14(23)24)13(27-21-12)20-15(25)19-2-1-3-22/h4-5,22H,1-3,6H2,(H,23,24)(H2,19,20,25). The predicted molar refractivity (Wildman–Crippen MR) is 93.5 cm³/mol. The smallest absolute Gasteiger partial charge is 0.344 e. The number of carboxylic acids is 1. The number of benzene rings is 1. The summed E-state index contributed by atoms with van der Waals surface area (Å²) in [6, 6.07) is 0.920. The Morgan fingerprint density at radius 3 is 2.70 bits per heavy atom. The van der Waals surface area contributed by atoms with Crippen LogP contribution in [0.4, 0.5) is 18.6 Å². The number of hydrogen-bond acceptors (Lipinski definition) is 6. The fourth-order valence-corrected chi connectivity index (χ4v) is 2.77. The van der Waals surface area contributed by atoms with Gasteiger partial charge in [0, 0.05) is 18.7 Å². The molecular weight excluding hydrogens is 408 g/mol. The lowest BCUT2D eigenvalue weighted by atomic mass is 10.2. The van der Waals surface area contributed by atoms with Gasteiger partial charge in [-0.25, -0.2) is 18.4 Å². The van der Waals surface area contributed by atoms with Crippen molar-refractivity contribution >= 4 is 40.1 Å². The highest BCUT2D eigenvalue weighted by Gasteiger charge is 2.24. The molecule has 0 aliphatic rings. The highest BCUT2D eigenvalue weighted by molar-refractivity contribution is 7.11. The lowest BCUT2D eigenvalue weighted by Crippen LogP contribution is -2.30. The van der Waals surface area contributed by atoms with E-state index in [1.165, 1.54) is 0 Å². The van der Waals surface area contributed by atoms with E-state index in [0.29, 0.717) is 18.0 Å². The number of nitrogens with zero attached hydrogens (tertiary/aromatic N) is 1. The Morgan fingerprint density at radius 1 is 1.30 bits per heavy atom. The number of urea groups is 1. The highest BCUT2D eigenvalue weighted by atomic mass is 35.5. The van der Waals surface area contributed by atoms with Gasteiger partial charge in [0.1, 0.15) is 23.2 Å². The Bertz CT molecular complexity index is 849. The van der Waals surface area contributed by atoms with Crippen LogP contribution in [0.3, 0.4) is 0 Å². The third-order valence-electron chi connectivity index (χ3n) is 3.18. The first kappa shape index (κ1) is 20.8. The molecule has 146 valence electrons. The monoisotopic (exact) mass is 421 g/mol. The van der Waals surface area contributed by atoms with Gasteiger partial charge >= 0.3 is 12.0 Å². The highest BCUT2D eigenvalue weighted by Crippen LogP contribution is 2.31. The van der Waals surface area contributed by atoms with E-state index in [1.54, 1.807) is 0 Å². The average Bonchev–Trinajstić information content (AvgIpc) is 3.00. The normalized spacial score (nSPS) is 10.5. The van der Waals surface area contributed by atoms with Crippen molar-refractivity contribution in [2.45, 2.75) is 13.0 Å². The second kappa shape index (κ2) is 9.44. The first-order valence-electron chi connectivity index (χ1n) is 7.48. The average molecular weight is 422 g/mol. The number of halogens is 3. The topological polar surface area (TPSA) is 121 Å². The molecule has 1 heterocycles. The van der Waals surface area contributed by atoms with Crippen molar-refractivity contribution in [2.24, 2.45) is 0 Å². The van der Waals surface area contributed by atoms with E-state index in [-0.39, 0.29) is 29.6 Å². The number of aromatic nitrogens is 1. The molecule has 0 radical (unpaired) electrons. The number of carbonyl (C=O) groups excluding carboxylic acids is 1. The van der Waals surface area contributed by atoms with Gasteiger partial charge in [0.15, 0.2) is 5.56 Å². The molecule has 27 heavy (non-hydrogen) atoms. The zero-order valence-corrected chi connectivity index (χ0v) is 15.2. The van der Waals surface area contributed by atoms with E-state index in [0.717, 1.165) is 12.1 Å². The maximum absolute atomic E-state index is 13.8. The van der Waals surface area contributed by atoms with E-state index in [9.17, 15) is 23.5 Å². The van der Waals surface area contributed by atoms with Crippen LogP contribution < -0.4 is 15.4 Å². The summed E-state index contributed by atoms with van der Waals surface area (Å²) in [5.41, 5.74) is -0.607. The Hall–Kier alpha value is -2.50. The Labute approximate surface area is 160 Å². The maximum atomic E-state index is 13.8. The minimum atomic E-state index is -1.42. The van der Waals surface area contributed by atoms with Crippen LogP contribution in [0.1, 0.15) is 22.3 Å². The predicted octanol–water partition coefficient (Wildman–Crippen LogP) is 2.86. The van der Waals surface area contributed by atoms with Gasteiger partial charge in [-0.2, -0.15) is 4.37 Å². The van der Waals surface area contributed by atoms with E-state index < -0.39 is 40.8 Å². The molecular formula is C15H14ClF2N3O5S. The molecule has 0 spiro atoms. The number of hydrogen-bond donors (Lipinski definition) is 4. The minimum absolute atomic E-state index is 0.0956. The van der Waals surface area contributed by atoms with Gasteiger partial charge in [-0.3, -0.25) is 5.32 Å². The third-order valence-corrected chi connectivity index (χ3v) is 4.21. The van der Waals surface area contributed by atoms with Crippen LogP contribution in [-0.2, 0) is 6.61 Å². The summed E-state index contributed by atoms with van der Waals surface area (Å²) in [7, 11) is 0. The molecule has 2 aromatic rings.